The van der Waals surface area contributed by atoms with E-state index in [1.165, 1.54) is 35.8 Å². The Labute approximate surface area is 130 Å². The Bertz CT molecular complexity index is 877. The van der Waals surface area contributed by atoms with Crippen LogP contribution in [0.25, 0.3) is 11.2 Å². The minimum absolute atomic E-state index is 0.137. The molecule has 4 rings (SSSR count). The van der Waals surface area contributed by atoms with Gasteiger partial charge < -0.3 is 0 Å². The van der Waals surface area contributed by atoms with Crippen LogP contribution in [0.4, 0.5) is 0 Å². The average molecular weight is 313 g/mol. The molecule has 0 radical (unpaired) electrons. The fourth-order valence-electron chi connectivity index (χ4n) is 2.81. The highest BCUT2D eigenvalue weighted by Crippen LogP contribution is 2.30. The van der Waals surface area contributed by atoms with Crippen molar-refractivity contribution in [3.8, 4) is 0 Å². The fourth-order valence-corrected chi connectivity index (χ4v) is 4.02. The zero-order valence-corrected chi connectivity index (χ0v) is 13.0. The van der Waals surface area contributed by atoms with Crippen LogP contribution >= 0.6 is 11.3 Å². The average Bonchev–Trinajstić information content (AvgIpc) is 2.99. The normalized spacial score (nSPS) is 15.7. The largest absolute Gasteiger partial charge is 0.287 e. The third-order valence-electron chi connectivity index (χ3n) is 4.06. The summed E-state index contributed by atoms with van der Waals surface area (Å²) < 4.78 is 1.60. The molecule has 22 heavy (non-hydrogen) atoms. The molecule has 7 heteroatoms. The van der Waals surface area contributed by atoms with E-state index in [-0.39, 0.29) is 11.6 Å². The third kappa shape index (κ3) is 2.12. The van der Waals surface area contributed by atoms with Gasteiger partial charge in [0.1, 0.15) is 11.3 Å². The molecule has 3 heterocycles. The first-order valence-corrected chi connectivity index (χ1v) is 8.22. The number of thiazole rings is 1. The van der Waals surface area contributed by atoms with E-state index in [2.05, 4.69) is 15.0 Å². The molecule has 0 bridgehead atoms. The Hall–Kier alpha value is -2.15. The van der Waals surface area contributed by atoms with Crippen molar-refractivity contribution in [2.45, 2.75) is 38.6 Å². The quantitative estimate of drug-likeness (QED) is 0.724. The highest BCUT2D eigenvalue weighted by molar-refractivity contribution is 7.11. The molecule has 0 spiro atoms. The van der Waals surface area contributed by atoms with E-state index in [1.807, 2.05) is 6.92 Å². The second-order valence-corrected chi connectivity index (χ2v) is 6.61. The molecule has 1 aliphatic carbocycles. The van der Waals surface area contributed by atoms with E-state index in [0.29, 0.717) is 11.2 Å². The molecule has 0 amide bonds. The summed E-state index contributed by atoms with van der Waals surface area (Å²) in [4.78, 5) is 31.1. The predicted octanol–water partition coefficient (Wildman–Crippen LogP) is 2.13. The van der Waals surface area contributed by atoms with Gasteiger partial charge in [-0.3, -0.25) is 9.36 Å². The second-order valence-electron chi connectivity index (χ2n) is 5.49. The Morgan fingerprint density at radius 3 is 2.86 bits per heavy atom. The molecule has 3 aromatic heterocycles. The van der Waals surface area contributed by atoms with Crippen molar-refractivity contribution in [3.05, 3.63) is 44.7 Å². The van der Waals surface area contributed by atoms with Crippen LogP contribution < -0.4 is 5.56 Å². The summed E-state index contributed by atoms with van der Waals surface area (Å²) in [5.41, 5.74) is 1.73. The zero-order chi connectivity index (χ0) is 15.1. The van der Waals surface area contributed by atoms with E-state index in [0.717, 1.165) is 17.8 Å². The van der Waals surface area contributed by atoms with Gasteiger partial charge in [0, 0.05) is 17.3 Å². The number of fused-ring (bicyclic) bond motifs is 2. The van der Waals surface area contributed by atoms with Gasteiger partial charge in [-0.05, 0) is 32.6 Å². The van der Waals surface area contributed by atoms with Crippen LogP contribution in [0.5, 0.6) is 0 Å². The van der Waals surface area contributed by atoms with Crippen LogP contribution in [-0.4, -0.2) is 24.5 Å². The SMILES string of the molecule is C[C@H](c1nc2c(s1)CCCC2)n1cnc2nccnc2c1=O. The number of hydrogen-bond donors (Lipinski definition) is 0. The Morgan fingerprint density at radius 2 is 2.00 bits per heavy atom. The van der Waals surface area contributed by atoms with Crippen molar-refractivity contribution in [2.75, 3.05) is 0 Å². The summed E-state index contributed by atoms with van der Waals surface area (Å²) in [6.07, 6.45) is 9.20. The lowest BCUT2D eigenvalue weighted by atomic mass is 10.0. The molecule has 0 fully saturated rings. The van der Waals surface area contributed by atoms with Crippen molar-refractivity contribution in [1.82, 2.24) is 24.5 Å². The van der Waals surface area contributed by atoms with Crippen LogP contribution in [0.15, 0.2) is 23.5 Å². The number of aromatic nitrogens is 5. The van der Waals surface area contributed by atoms with Crippen molar-refractivity contribution < 1.29 is 0 Å². The molecule has 1 atom stereocenters. The molecule has 3 aromatic rings. The summed E-state index contributed by atoms with van der Waals surface area (Å²) in [5, 5.41) is 0.971. The topological polar surface area (TPSA) is 73.6 Å². The van der Waals surface area contributed by atoms with Gasteiger partial charge in [-0.1, -0.05) is 0 Å². The standard InChI is InChI=1S/C15H15N5OS/c1-9(14-19-10-4-2-3-5-11(10)22-14)20-8-18-13-12(15(20)21)16-6-7-17-13/h6-9H,2-5H2,1H3/t9-/m1/s1. The maximum atomic E-state index is 12.6. The third-order valence-corrected chi connectivity index (χ3v) is 5.38. The lowest BCUT2D eigenvalue weighted by Crippen LogP contribution is -2.25. The van der Waals surface area contributed by atoms with Crippen LogP contribution in [-0.2, 0) is 12.8 Å². The summed E-state index contributed by atoms with van der Waals surface area (Å²) in [6, 6.07) is -0.137. The smallest absolute Gasteiger partial charge is 0.282 e. The monoisotopic (exact) mass is 313 g/mol. The Balaban J connectivity index is 1.79. The van der Waals surface area contributed by atoms with Gasteiger partial charge in [0.15, 0.2) is 11.2 Å². The maximum absolute atomic E-state index is 12.6. The first-order chi connectivity index (χ1) is 10.7. The van der Waals surface area contributed by atoms with Crippen LogP contribution in [0.1, 0.15) is 41.4 Å². The lowest BCUT2D eigenvalue weighted by molar-refractivity contribution is 0.598. The molecule has 0 saturated carbocycles. The summed E-state index contributed by atoms with van der Waals surface area (Å²) in [5.74, 6) is 0. The number of aryl methyl sites for hydroxylation is 2. The van der Waals surface area contributed by atoms with E-state index < -0.39 is 0 Å². The molecule has 1 aliphatic rings. The molecule has 112 valence electrons. The van der Waals surface area contributed by atoms with E-state index in [4.69, 9.17) is 4.98 Å². The molecule has 0 aliphatic heterocycles. The van der Waals surface area contributed by atoms with Gasteiger partial charge >= 0.3 is 0 Å². The minimum Gasteiger partial charge on any atom is -0.287 e. The van der Waals surface area contributed by atoms with Crippen LogP contribution in [0, 0.1) is 0 Å². The molecule has 0 aromatic carbocycles. The first-order valence-electron chi connectivity index (χ1n) is 7.40. The highest BCUT2D eigenvalue weighted by Gasteiger charge is 2.21. The minimum atomic E-state index is -0.168. The number of nitrogens with zero attached hydrogens (tertiary/aromatic N) is 5. The maximum Gasteiger partial charge on any atom is 0.282 e. The van der Waals surface area contributed by atoms with Gasteiger partial charge in [0.2, 0.25) is 0 Å². The fraction of sp³-hybridized carbons (Fsp3) is 0.400. The summed E-state index contributed by atoms with van der Waals surface area (Å²) in [7, 11) is 0. The Kier molecular flexibility index (Phi) is 3.22. The molecule has 6 nitrogen and oxygen atoms in total. The molecule has 0 unspecified atom stereocenters. The van der Waals surface area contributed by atoms with Crippen LogP contribution in [0.3, 0.4) is 0 Å². The van der Waals surface area contributed by atoms with Gasteiger partial charge in [0.25, 0.3) is 5.56 Å². The van der Waals surface area contributed by atoms with Crippen molar-refractivity contribution in [3.63, 3.8) is 0 Å². The van der Waals surface area contributed by atoms with Crippen LogP contribution in [0.2, 0.25) is 0 Å². The van der Waals surface area contributed by atoms with Gasteiger partial charge in [-0.2, -0.15) is 0 Å². The molecular formula is C15H15N5OS. The predicted molar refractivity (Wildman–Crippen MR) is 84.2 cm³/mol. The Morgan fingerprint density at radius 1 is 1.18 bits per heavy atom. The zero-order valence-electron chi connectivity index (χ0n) is 12.2. The summed E-state index contributed by atoms with van der Waals surface area (Å²) in [6.45, 7) is 1.98. The van der Waals surface area contributed by atoms with Gasteiger partial charge in [0.05, 0.1) is 11.7 Å². The van der Waals surface area contributed by atoms with Gasteiger partial charge in [-0.15, -0.1) is 11.3 Å². The summed E-state index contributed by atoms with van der Waals surface area (Å²) >= 11 is 1.72. The van der Waals surface area contributed by atoms with Crippen molar-refractivity contribution in [1.29, 1.82) is 0 Å². The number of rotatable bonds is 2. The first kappa shape index (κ1) is 13.5. The number of hydrogen-bond acceptors (Lipinski definition) is 6. The molecule has 0 saturated heterocycles. The molecular weight excluding hydrogens is 298 g/mol. The van der Waals surface area contributed by atoms with Gasteiger partial charge in [-0.25, -0.2) is 19.9 Å². The van der Waals surface area contributed by atoms with E-state index in [1.54, 1.807) is 22.2 Å². The van der Waals surface area contributed by atoms with E-state index in [9.17, 15) is 4.79 Å². The van der Waals surface area contributed by atoms with Crippen molar-refractivity contribution >= 4 is 22.5 Å². The van der Waals surface area contributed by atoms with E-state index >= 15 is 0 Å². The molecule has 0 N–H and O–H groups in total. The van der Waals surface area contributed by atoms with Crippen molar-refractivity contribution in [2.24, 2.45) is 0 Å². The second kappa shape index (κ2) is 5.24. The highest BCUT2D eigenvalue weighted by atomic mass is 32.1. The lowest BCUT2D eigenvalue weighted by Gasteiger charge is -2.11.